The first kappa shape index (κ1) is 19.2. The summed E-state index contributed by atoms with van der Waals surface area (Å²) in [5.41, 5.74) is -1.53. The molecule has 3 rings (SSSR count). The van der Waals surface area contributed by atoms with Crippen LogP contribution in [0.3, 0.4) is 0 Å². The van der Waals surface area contributed by atoms with Gasteiger partial charge >= 0.3 is 0 Å². The first-order valence-corrected chi connectivity index (χ1v) is 8.43. The Morgan fingerprint density at radius 3 is 2.50 bits per heavy atom. The largest absolute Gasteiger partial charge is 0.505 e. The van der Waals surface area contributed by atoms with Gasteiger partial charge in [0.05, 0.1) is 12.1 Å². The Bertz CT molecular complexity index is 1110. The number of nitrogens with zero attached hydrogens (tertiary/aromatic N) is 2. The summed E-state index contributed by atoms with van der Waals surface area (Å²) in [6.07, 6.45) is 0. The van der Waals surface area contributed by atoms with E-state index in [4.69, 9.17) is 10.3 Å². The molecule has 9 heteroatoms. The Balaban J connectivity index is 1.92. The lowest BCUT2D eigenvalue weighted by molar-refractivity contribution is 0.0824. The van der Waals surface area contributed by atoms with Crippen molar-refractivity contribution in [1.82, 2.24) is 4.90 Å². The molecule has 3 aromatic rings. The highest BCUT2D eigenvalue weighted by molar-refractivity contribution is 5.99. The average Bonchev–Trinajstić information content (AvgIpc) is 3.08. The maximum Gasteiger partial charge on any atom is 0.257 e. The molecule has 0 aliphatic rings. The molecule has 1 aromatic heterocycles. The van der Waals surface area contributed by atoms with E-state index in [1.54, 1.807) is 33.2 Å². The molecule has 28 heavy (non-hydrogen) atoms. The zero-order chi connectivity index (χ0) is 20.6. The highest BCUT2D eigenvalue weighted by atomic mass is 16.3. The molecular weight excluding hydrogens is 364 g/mol. The molecule has 0 saturated heterocycles. The van der Waals surface area contributed by atoms with E-state index >= 15 is 0 Å². The number of carbonyl (C=O) groups excluding carboxylic acids is 1. The van der Waals surface area contributed by atoms with Gasteiger partial charge in [0.25, 0.3) is 16.8 Å². The van der Waals surface area contributed by atoms with Gasteiger partial charge in [-0.15, -0.1) is 0 Å². The summed E-state index contributed by atoms with van der Waals surface area (Å²) in [5, 5.41) is 14.2. The molecule has 9 nitrogen and oxygen atoms in total. The van der Waals surface area contributed by atoms with Crippen LogP contribution in [0.25, 0.3) is 0 Å². The van der Waals surface area contributed by atoms with E-state index in [9.17, 15) is 19.5 Å². The number of hydrogen-bond donors (Lipinski definition) is 3. The number of amides is 1. The molecule has 1 heterocycles. The summed E-state index contributed by atoms with van der Waals surface area (Å²) in [4.78, 5) is 37.6. The van der Waals surface area contributed by atoms with E-state index in [0.717, 1.165) is 10.8 Å². The molecule has 0 bridgehead atoms. The second kappa shape index (κ2) is 7.20. The van der Waals surface area contributed by atoms with Crippen LogP contribution in [-0.2, 0) is 6.54 Å². The molecule has 0 radical (unpaired) electrons. The SMILES string of the molecule is Cc1ccc(CNc2c(N(N)c3cccc(C(=O)N(C)C)c3O)c(=O)c2=O)o1. The lowest BCUT2D eigenvalue weighted by Gasteiger charge is -2.24. The fourth-order valence-corrected chi connectivity index (χ4v) is 2.79. The van der Waals surface area contributed by atoms with Crippen molar-refractivity contribution < 1.29 is 14.3 Å². The van der Waals surface area contributed by atoms with Gasteiger partial charge in [-0.3, -0.25) is 19.4 Å². The fraction of sp³-hybridized carbons (Fsp3) is 0.211. The Kier molecular flexibility index (Phi) is 4.93. The molecule has 0 unspecified atom stereocenters. The molecule has 1 amide bonds. The summed E-state index contributed by atoms with van der Waals surface area (Å²) in [7, 11) is 3.09. The smallest absolute Gasteiger partial charge is 0.257 e. The summed E-state index contributed by atoms with van der Waals surface area (Å²) in [6, 6.07) is 7.93. The number of rotatable bonds is 6. The second-order valence-electron chi connectivity index (χ2n) is 6.49. The third-order valence-electron chi connectivity index (χ3n) is 4.27. The molecule has 0 fully saturated rings. The third-order valence-corrected chi connectivity index (χ3v) is 4.27. The standard InChI is InChI=1S/C19H20N4O5/c1-10-7-8-11(28-10)9-21-14-15(18(26)17(14)25)23(20)13-6-4-5-12(16(13)24)19(27)22(2)3/h4-8,21,24H,9,20H2,1-3H3. The molecule has 0 spiro atoms. The van der Waals surface area contributed by atoms with Crippen molar-refractivity contribution in [3.63, 3.8) is 0 Å². The lowest BCUT2D eigenvalue weighted by atomic mass is 10.1. The van der Waals surface area contributed by atoms with Gasteiger partial charge < -0.3 is 19.7 Å². The summed E-state index contributed by atoms with van der Waals surface area (Å²) < 4.78 is 5.42. The number of aromatic hydroxyl groups is 1. The molecular formula is C19H20N4O5. The predicted molar refractivity (Wildman–Crippen MR) is 105 cm³/mol. The molecule has 0 atom stereocenters. The minimum atomic E-state index is -0.788. The van der Waals surface area contributed by atoms with Crippen molar-refractivity contribution in [3.8, 4) is 5.75 Å². The first-order chi connectivity index (χ1) is 13.2. The van der Waals surface area contributed by atoms with Crippen molar-refractivity contribution >= 4 is 23.0 Å². The molecule has 4 N–H and O–H groups in total. The van der Waals surface area contributed by atoms with E-state index in [-0.39, 0.29) is 34.9 Å². The van der Waals surface area contributed by atoms with Crippen LogP contribution in [-0.4, -0.2) is 30.0 Å². The molecule has 146 valence electrons. The quantitative estimate of drug-likeness (QED) is 0.329. The monoisotopic (exact) mass is 384 g/mol. The van der Waals surface area contributed by atoms with E-state index in [1.807, 2.05) is 0 Å². The van der Waals surface area contributed by atoms with Crippen LogP contribution < -0.4 is 27.0 Å². The predicted octanol–water partition coefficient (Wildman–Crippen LogP) is 1.22. The van der Waals surface area contributed by atoms with Crippen LogP contribution in [0.5, 0.6) is 5.75 Å². The van der Waals surface area contributed by atoms with Gasteiger partial charge in [0.1, 0.15) is 28.6 Å². The van der Waals surface area contributed by atoms with Crippen LogP contribution in [0.15, 0.2) is 44.3 Å². The topological polar surface area (TPSA) is 129 Å². The Hall–Kier alpha value is -3.59. The number of phenolic OH excluding ortho intramolecular Hbond substituents is 1. The van der Waals surface area contributed by atoms with E-state index in [1.165, 1.54) is 23.1 Å². The number of furan rings is 1. The molecule has 2 aromatic carbocycles. The van der Waals surface area contributed by atoms with Crippen molar-refractivity contribution in [3.05, 3.63) is 67.9 Å². The first-order valence-electron chi connectivity index (χ1n) is 8.43. The second-order valence-corrected chi connectivity index (χ2v) is 6.49. The van der Waals surface area contributed by atoms with Gasteiger partial charge in [0.15, 0.2) is 5.75 Å². The van der Waals surface area contributed by atoms with Crippen LogP contribution in [0, 0.1) is 6.92 Å². The molecule has 0 aliphatic heterocycles. The normalized spacial score (nSPS) is 10.9. The number of hydrogen-bond acceptors (Lipinski definition) is 8. The Morgan fingerprint density at radius 1 is 1.18 bits per heavy atom. The number of nitrogens with one attached hydrogen (secondary N) is 1. The number of phenols is 1. The summed E-state index contributed by atoms with van der Waals surface area (Å²) in [5.74, 6) is 6.51. The van der Waals surface area contributed by atoms with Crippen LogP contribution in [0.4, 0.5) is 17.1 Å². The van der Waals surface area contributed by atoms with Crippen LogP contribution >= 0.6 is 0 Å². The van der Waals surface area contributed by atoms with Crippen molar-refractivity contribution in [1.29, 1.82) is 0 Å². The Morgan fingerprint density at radius 2 is 1.89 bits per heavy atom. The number of benzene rings is 1. The van der Waals surface area contributed by atoms with Gasteiger partial charge in [-0.25, -0.2) is 5.84 Å². The molecule has 0 saturated carbocycles. The fourth-order valence-electron chi connectivity index (χ4n) is 2.79. The Labute approximate surface area is 160 Å². The van der Waals surface area contributed by atoms with Gasteiger partial charge in [-0.05, 0) is 31.2 Å². The summed E-state index contributed by atoms with van der Waals surface area (Å²) >= 11 is 0. The zero-order valence-electron chi connectivity index (χ0n) is 15.6. The number of carbonyl (C=O) groups is 1. The van der Waals surface area contributed by atoms with Crippen molar-refractivity contribution in [2.24, 2.45) is 5.84 Å². The third kappa shape index (κ3) is 3.23. The zero-order valence-corrected chi connectivity index (χ0v) is 15.6. The number of para-hydroxylation sites is 1. The van der Waals surface area contributed by atoms with Crippen molar-refractivity contribution in [2.75, 3.05) is 24.4 Å². The van der Waals surface area contributed by atoms with E-state index in [2.05, 4.69) is 5.32 Å². The van der Waals surface area contributed by atoms with Crippen molar-refractivity contribution in [2.45, 2.75) is 13.5 Å². The van der Waals surface area contributed by atoms with Crippen LogP contribution in [0.2, 0.25) is 0 Å². The molecule has 0 aliphatic carbocycles. The van der Waals surface area contributed by atoms with E-state index in [0.29, 0.717) is 5.76 Å². The lowest BCUT2D eigenvalue weighted by Crippen LogP contribution is -2.43. The maximum atomic E-state index is 12.2. The van der Waals surface area contributed by atoms with Gasteiger partial charge in [-0.2, -0.15) is 0 Å². The van der Waals surface area contributed by atoms with Gasteiger partial charge in [0.2, 0.25) is 0 Å². The highest BCUT2D eigenvalue weighted by Crippen LogP contribution is 2.35. The minimum Gasteiger partial charge on any atom is -0.505 e. The highest BCUT2D eigenvalue weighted by Gasteiger charge is 2.28. The van der Waals surface area contributed by atoms with E-state index < -0.39 is 16.8 Å². The summed E-state index contributed by atoms with van der Waals surface area (Å²) in [6.45, 7) is 1.98. The number of hydrazine groups is 1. The maximum absolute atomic E-state index is 12.2. The van der Waals surface area contributed by atoms with Gasteiger partial charge in [0, 0.05) is 14.1 Å². The number of anilines is 3. The van der Waals surface area contributed by atoms with Crippen LogP contribution in [0.1, 0.15) is 21.9 Å². The number of nitrogens with two attached hydrogens (primary N) is 1. The minimum absolute atomic E-state index is 0.0188. The number of aryl methyl sites for hydroxylation is 1. The van der Waals surface area contributed by atoms with Gasteiger partial charge in [-0.1, -0.05) is 6.07 Å². The average molecular weight is 384 g/mol.